The molecule has 1 saturated carbocycles. The van der Waals surface area contributed by atoms with E-state index in [1.807, 2.05) is 0 Å². The highest BCUT2D eigenvalue weighted by molar-refractivity contribution is 5.80. The summed E-state index contributed by atoms with van der Waals surface area (Å²) in [5, 5.41) is 13.2. The molecule has 1 saturated heterocycles. The smallest absolute Gasteiger partial charge is 0.325 e. The van der Waals surface area contributed by atoms with E-state index in [1.165, 1.54) is 19.3 Å². The minimum atomic E-state index is -0.705. The second kappa shape index (κ2) is 6.90. The summed E-state index contributed by atoms with van der Waals surface area (Å²) in [6.45, 7) is 7.99. The van der Waals surface area contributed by atoms with Crippen LogP contribution in [0, 0.1) is 11.8 Å². The lowest BCUT2D eigenvalue weighted by atomic mass is 9.91. The van der Waals surface area contributed by atoms with Crippen LogP contribution in [0.2, 0.25) is 0 Å². The number of nitrogens with one attached hydrogen (secondary N) is 1. The SMILES string of the molecule is CCCNC(CN1CCCC(C)CC1)(C(=O)O)C1CC1. The van der Waals surface area contributed by atoms with Gasteiger partial charge in [0, 0.05) is 6.54 Å². The topological polar surface area (TPSA) is 52.6 Å². The van der Waals surface area contributed by atoms with E-state index in [0.717, 1.165) is 44.8 Å². The van der Waals surface area contributed by atoms with Gasteiger partial charge in [-0.25, -0.2) is 0 Å². The third-order valence-electron chi connectivity index (χ3n) is 4.93. The van der Waals surface area contributed by atoms with Crippen LogP contribution in [0.3, 0.4) is 0 Å². The molecule has 0 aromatic heterocycles. The van der Waals surface area contributed by atoms with Crippen LogP contribution in [0.4, 0.5) is 0 Å². The van der Waals surface area contributed by atoms with Gasteiger partial charge < -0.3 is 15.3 Å². The van der Waals surface area contributed by atoms with Crippen LogP contribution in [0.5, 0.6) is 0 Å². The van der Waals surface area contributed by atoms with E-state index in [1.54, 1.807) is 0 Å². The van der Waals surface area contributed by atoms with Crippen molar-refractivity contribution in [3.63, 3.8) is 0 Å². The van der Waals surface area contributed by atoms with Gasteiger partial charge in [-0.3, -0.25) is 4.79 Å². The molecule has 20 heavy (non-hydrogen) atoms. The Bertz CT molecular complexity index is 330. The van der Waals surface area contributed by atoms with Gasteiger partial charge in [0.1, 0.15) is 5.54 Å². The Labute approximate surface area is 122 Å². The maximum atomic E-state index is 11.9. The number of nitrogens with zero attached hydrogens (tertiary/aromatic N) is 1. The van der Waals surface area contributed by atoms with E-state index in [4.69, 9.17) is 0 Å². The summed E-state index contributed by atoms with van der Waals surface area (Å²) in [5.41, 5.74) is -0.705. The van der Waals surface area contributed by atoms with Crippen molar-refractivity contribution >= 4 is 5.97 Å². The number of hydrogen-bond donors (Lipinski definition) is 2. The number of carboxylic acid groups (broad SMARTS) is 1. The molecular weight excluding hydrogens is 252 g/mol. The van der Waals surface area contributed by atoms with Crippen molar-refractivity contribution in [1.29, 1.82) is 0 Å². The van der Waals surface area contributed by atoms with Gasteiger partial charge in [0.2, 0.25) is 0 Å². The lowest BCUT2D eigenvalue weighted by Crippen LogP contribution is -2.61. The zero-order chi connectivity index (χ0) is 14.6. The molecular formula is C16H30N2O2. The van der Waals surface area contributed by atoms with Gasteiger partial charge in [-0.15, -0.1) is 0 Å². The van der Waals surface area contributed by atoms with E-state index in [-0.39, 0.29) is 0 Å². The Hall–Kier alpha value is -0.610. The molecule has 0 radical (unpaired) electrons. The third-order valence-corrected chi connectivity index (χ3v) is 4.93. The van der Waals surface area contributed by atoms with Gasteiger partial charge in [-0.05, 0) is 70.0 Å². The van der Waals surface area contributed by atoms with E-state index in [2.05, 4.69) is 24.1 Å². The Balaban J connectivity index is 2.04. The molecule has 4 heteroatoms. The van der Waals surface area contributed by atoms with Crippen molar-refractivity contribution in [2.75, 3.05) is 26.2 Å². The average molecular weight is 282 g/mol. The van der Waals surface area contributed by atoms with Gasteiger partial charge in [0.15, 0.2) is 0 Å². The normalized spacial score (nSPS) is 27.8. The van der Waals surface area contributed by atoms with Gasteiger partial charge in [-0.1, -0.05) is 13.8 Å². The first-order valence-corrected chi connectivity index (χ1v) is 8.29. The number of carboxylic acids is 1. The van der Waals surface area contributed by atoms with Crippen molar-refractivity contribution in [2.24, 2.45) is 11.8 Å². The summed E-state index contributed by atoms with van der Waals surface area (Å²) in [4.78, 5) is 14.3. The Morgan fingerprint density at radius 1 is 1.30 bits per heavy atom. The van der Waals surface area contributed by atoms with E-state index in [0.29, 0.717) is 12.5 Å². The number of hydrogen-bond acceptors (Lipinski definition) is 3. The average Bonchev–Trinajstić information content (AvgIpc) is 3.23. The van der Waals surface area contributed by atoms with E-state index < -0.39 is 11.5 Å². The van der Waals surface area contributed by atoms with Gasteiger partial charge in [-0.2, -0.15) is 0 Å². The molecule has 2 unspecified atom stereocenters. The molecule has 2 atom stereocenters. The maximum absolute atomic E-state index is 11.9. The van der Waals surface area contributed by atoms with Crippen LogP contribution in [-0.2, 0) is 4.79 Å². The van der Waals surface area contributed by atoms with Crippen molar-refractivity contribution in [2.45, 2.75) is 57.9 Å². The zero-order valence-electron chi connectivity index (χ0n) is 13.0. The fourth-order valence-electron chi connectivity index (χ4n) is 3.40. The molecule has 0 amide bonds. The van der Waals surface area contributed by atoms with Crippen LogP contribution in [0.1, 0.15) is 52.4 Å². The van der Waals surface area contributed by atoms with Crippen molar-refractivity contribution in [3.05, 3.63) is 0 Å². The van der Waals surface area contributed by atoms with Crippen molar-refractivity contribution in [1.82, 2.24) is 10.2 Å². The lowest BCUT2D eigenvalue weighted by Gasteiger charge is -2.36. The molecule has 4 nitrogen and oxygen atoms in total. The first-order valence-electron chi connectivity index (χ1n) is 8.29. The fourth-order valence-corrected chi connectivity index (χ4v) is 3.40. The fraction of sp³-hybridized carbons (Fsp3) is 0.938. The molecule has 1 aliphatic heterocycles. The molecule has 2 aliphatic rings. The van der Waals surface area contributed by atoms with Crippen LogP contribution < -0.4 is 5.32 Å². The molecule has 0 spiro atoms. The molecule has 1 heterocycles. The van der Waals surface area contributed by atoms with Crippen LogP contribution in [0.15, 0.2) is 0 Å². The second-order valence-electron chi connectivity index (χ2n) is 6.79. The predicted octanol–water partition coefficient (Wildman–Crippen LogP) is 2.34. The zero-order valence-corrected chi connectivity index (χ0v) is 13.0. The molecule has 2 fully saturated rings. The largest absolute Gasteiger partial charge is 0.480 e. The highest BCUT2D eigenvalue weighted by Crippen LogP contribution is 2.40. The number of carbonyl (C=O) groups is 1. The quantitative estimate of drug-likeness (QED) is 0.752. The first-order chi connectivity index (χ1) is 9.58. The van der Waals surface area contributed by atoms with Crippen molar-refractivity contribution < 1.29 is 9.90 Å². The summed E-state index contributed by atoms with van der Waals surface area (Å²) in [5.74, 6) is 0.460. The van der Waals surface area contributed by atoms with Crippen LogP contribution in [-0.4, -0.2) is 47.7 Å². The van der Waals surface area contributed by atoms with Crippen LogP contribution >= 0.6 is 0 Å². The molecule has 2 N–H and O–H groups in total. The van der Waals surface area contributed by atoms with Gasteiger partial charge >= 0.3 is 5.97 Å². The summed E-state index contributed by atoms with van der Waals surface area (Å²) < 4.78 is 0. The number of likely N-dealkylation sites (tertiary alicyclic amines) is 1. The molecule has 1 aliphatic carbocycles. The first kappa shape index (κ1) is 15.8. The summed E-state index contributed by atoms with van der Waals surface area (Å²) in [6, 6.07) is 0. The Morgan fingerprint density at radius 3 is 2.65 bits per heavy atom. The molecule has 0 aromatic rings. The Kier molecular flexibility index (Phi) is 5.44. The minimum Gasteiger partial charge on any atom is -0.480 e. The van der Waals surface area contributed by atoms with Gasteiger partial charge in [0.25, 0.3) is 0 Å². The van der Waals surface area contributed by atoms with E-state index >= 15 is 0 Å². The lowest BCUT2D eigenvalue weighted by molar-refractivity contribution is -0.147. The molecule has 0 aromatic carbocycles. The third kappa shape index (κ3) is 3.73. The monoisotopic (exact) mass is 282 g/mol. The standard InChI is InChI=1S/C16H30N2O2/c1-3-9-17-16(15(19)20,14-6-7-14)12-18-10-4-5-13(2)8-11-18/h13-14,17H,3-12H2,1-2H3,(H,19,20). The van der Waals surface area contributed by atoms with Gasteiger partial charge in [0.05, 0.1) is 0 Å². The Morgan fingerprint density at radius 2 is 2.05 bits per heavy atom. The molecule has 2 rings (SSSR count). The molecule has 116 valence electrons. The van der Waals surface area contributed by atoms with E-state index in [9.17, 15) is 9.90 Å². The highest BCUT2D eigenvalue weighted by atomic mass is 16.4. The minimum absolute atomic E-state index is 0.326. The summed E-state index contributed by atoms with van der Waals surface area (Å²) >= 11 is 0. The maximum Gasteiger partial charge on any atom is 0.325 e. The molecule has 0 bridgehead atoms. The summed E-state index contributed by atoms with van der Waals surface area (Å²) in [6.07, 6.45) is 6.80. The highest BCUT2D eigenvalue weighted by Gasteiger charge is 2.51. The predicted molar refractivity (Wildman–Crippen MR) is 80.8 cm³/mol. The number of rotatable bonds is 7. The second-order valence-corrected chi connectivity index (χ2v) is 6.79. The van der Waals surface area contributed by atoms with Crippen molar-refractivity contribution in [3.8, 4) is 0 Å². The summed E-state index contributed by atoms with van der Waals surface area (Å²) in [7, 11) is 0. The number of aliphatic carboxylic acids is 1. The van der Waals surface area contributed by atoms with Crippen LogP contribution in [0.25, 0.3) is 0 Å².